The van der Waals surface area contributed by atoms with Crippen LogP contribution in [0.15, 0.2) is 56.6 Å². The summed E-state index contributed by atoms with van der Waals surface area (Å²) >= 11 is 0. The normalized spacial score (nSPS) is 14.7. The Balaban J connectivity index is 1.42. The second-order valence-electron chi connectivity index (χ2n) is 7.64. The molecule has 9 nitrogen and oxygen atoms in total. The molecule has 2 heterocycles. The summed E-state index contributed by atoms with van der Waals surface area (Å²) in [6.45, 7) is 1.48. The molecule has 170 valence electrons. The standard InChI is InChI=1S/C22H25N3O6S/c1-30-17-6-4-16(5-7-17)15-23-21(26)10-13-25-19-9-8-18(14-20(19)31-22(25)27)32(28,29)24-11-2-3-12-24/h4-9,14H,2-3,10-13,15H2,1H3,(H,23,26). The molecule has 0 spiro atoms. The van der Waals surface area contributed by atoms with E-state index in [1.165, 1.54) is 21.0 Å². The molecule has 0 radical (unpaired) electrons. The van der Waals surface area contributed by atoms with Crippen molar-refractivity contribution in [3.8, 4) is 5.75 Å². The Kier molecular flexibility index (Phi) is 6.33. The zero-order valence-corrected chi connectivity index (χ0v) is 18.6. The number of benzene rings is 2. The molecule has 1 fully saturated rings. The van der Waals surface area contributed by atoms with Gasteiger partial charge in [0.15, 0.2) is 5.58 Å². The van der Waals surface area contributed by atoms with E-state index in [1.807, 2.05) is 24.3 Å². The van der Waals surface area contributed by atoms with Gasteiger partial charge in [0.1, 0.15) is 5.75 Å². The van der Waals surface area contributed by atoms with Crippen molar-refractivity contribution in [3.63, 3.8) is 0 Å². The van der Waals surface area contributed by atoms with Crippen molar-refractivity contribution in [3.05, 3.63) is 58.6 Å². The van der Waals surface area contributed by atoms with Crippen LogP contribution in [-0.4, -0.2) is 43.4 Å². The van der Waals surface area contributed by atoms with E-state index in [-0.39, 0.29) is 29.4 Å². The Morgan fingerprint density at radius 1 is 1.12 bits per heavy atom. The number of fused-ring (bicyclic) bond motifs is 1. The zero-order chi connectivity index (χ0) is 22.7. The molecule has 1 saturated heterocycles. The van der Waals surface area contributed by atoms with Gasteiger partial charge >= 0.3 is 5.76 Å². The molecular weight excluding hydrogens is 434 g/mol. The van der Waals surface area contributed by atoms with Gasteiger partial charge in [0.05, 0.1) is 17.5 Å². The summed E-state index contributed by atoms with van der Waals surface area (Å²) in [5, 5.41) is 2.82. The highest BCUT2D eigenvalue weighted by Crippen LogP contribution is 2.24. The van der Waals surface area contributed by atoms with Crippen LogP contribution in [0.3, 0.4) is 0 Å². The summed E-state index contributed by atoms with van der Waals surface area (Å²) in [5.41, 5.74) is 1.57. The van der Waals surface area contributed by atoms with E-state index in [0.29, 0.717) is 25.2 Å². The van der Waals surface area contributed by atoms with Crippen LogP contribution in [0.5, 0.6) is 5.75 Å². The topological polar surface area (TPSA) is 111 Å². The van der Waals surface area contributed by atoms with Crippen LogP contribution in [0.25, 0.3) is 11.1 Å². The molecule has 0 bridgehead atoms. The van der Waals surface area contributed by atoms with Crippen molar-refractivity contribution in [1.29, 1.82) is 0 Å². The summed E-state index contributed by atoms with van der Waals surface area (Å²) in [6, 6.07) is 11.8. The first-order chi connectivity index (χ1) is 15.4. The van der Waals surface area contributed by atoms with E-state index in [1.54, 1.807) is 13.2 Å². The number of nitrogens with one attached hydrogen (secondary N) is 1. The summed E-state index contributed by atoms with van der Waals surface area (Å²) < 4.78 is 38.7. The zero-order valence-electron chi connectivity index (χ0n) is 17.7. The number of aromatic nitrogens is 1. The molecule has 1 N–H and O–H groups in total. The number of carbonyl (C=O) groups excluding carboxylic acids is 1. The van der Waals surface area contributed by atoms with Gasteiger partial charge in [0.25, 0.3) is 0 Å². The third-order valence-corrected chi connectivity index (χ3v) is 7.45. The lowest BCUT2D eigenvalue weighted by molar-refractivity contribution is -0.121. The molecule has 2 aromatic carbocycles. The first-order valence-electron chi connectivity index (χ1n) is 10.4. The lowest BCUT2D eigenvalue weighted by Gasteiger charge is -2.15. The number of hydrogen-bond acceptors (Lipinski definition) is 6. The van der Waals surface area contributed by atoms with Crippen LogP contribution < -0.4 is 15.8 Å². The monoisotopic (exact) mass is 459 g/mol. The lowest BCUT2D eigenvalue weighted by atomic mass is 10.2. The molecule has 10 heteroatoms. The van der Waals surface area contributed by atoms with Crippen molar-refractivity contribution >= 4 is 27.0 Å². The van der Waals surface area contributed by atoms with E-state index >= 15 is 0 Å². The van der Waals surface area contributed by atoms with Gasteiger partial charge in [-0.05, 0) is 42.7 Å². The maximum Gasteiger partial charge on any atom is 0.419 e. The number of sulfonamides is 1. The van der Waals surface area contributed by atoms with E-state index in [9.17, 15) is 18.0 Å². The number of rotatable bonds is 8. The minimum atomic E-state index is -3.61. The fraction of sp³-hybridized carbons (Fsp3) is 0.364. The van der Waals surface area contributed by atoms with Gasteiger partial charge in [-0.3, -0.25) is 9.36 Å². The molecule has 1 aliphatic rings. The van der Waals surface area contributed by atoms with E-state index in [4.69, 9.17) is 9.15 Å². The lowest BCUT2D eigenvalue weighted by Crippen LogP contribution is -2.27. The number of amides is 1. The van der Waals surface area contributed by atoms with Gasteiger partial charge in [0, 0.05) is 38.7 Å². The molecule has 4 rings (SSSR count). The molecule has 3 aromatic rings. The van der Waals surface area contributed by atoms with Crippen molar-refractivity contribution in [2.45, 2.75) is 37.2 Å². The first-order valence-corrected chi connectivity index (χ1v) is 11.9. The third-order valence-electron chi connectivity index (χ3n) is 5.55. The first kappa shape index (κ1) is 22.1. The third kappa shape index (κ3) is 4.56. The smallest absolute Gasteiger partial charge is 0.419 e. The molecule has 32 heavy (non-hydrogen) atoms. The largest absolute Gasteiger partial charge is 0.497 e. The molecule has 1 amide bonds. The van der Waals surface area contributed by atoms with E-state index in [2.05, 4.69) is 5.32 Å². The number of hydrogen-bond donors (Lipinski definition) is 1. The average Bonchev–Trinajstić information content (AvgIpc) is 3.44. The van der Waals surface area contributed by atoms with Gasteiger partial charge in [-0.25, -0.2) is 13.2 Å². The highest BCUT2D eigenvalue weighted by Gasteiger charge is 2.28. The van der Waals surface area contributed by atoms with E-state index < -0.39 is 15.8 Å². The Morgan fingerprint density at radius 3 is 2.53 bits per heavy atom. The summed E-state index contributed by atoms with van der Waals surface area (Å²) in [6.07, 6.45) is 1.76. The average molecular weight is 460 g/mol. The van der Waals surface area contributed by atoms with Crippen molar-refractivity contribution < 1.29 is 22.4 Å². The number of methoxy groups -OCH3 is 1. The SMILES string of the molecule is COc1ccc(CNC(=O)CCn2c(=O)oc3cc(S(=O)(=O)N4CCCC4)ccc32)cc1. The molecule has 0 atom stereocenters. The quantitative estimate of drug-likeness (QED) is 0.552. The maximum absolute atomic E-state index is 12.7. The highest BCUT2D eigenvalue weighted by molar-refractivity contribution is 7.89. The number of carbonyl (C=O) groups is 1. The second-order valence-corrected chi connectivity index (χ2v) is 9.57. The molecule has 0 aliphatic carbocycles. The molecule has 1 aromatic heterocycles. The molecular formula is C22H25N3O6S. The van der Waals surface area contributed by atoms with Crippen LogP contribution in [0, 0.1) is 0 Å². The highest BCUT2D eigenvalue weighted by atomic mass is 32.2. The van der Waals surface area contributed by atoms with Gasteiger partial charge in [-0.15, -0.1) is 0 Å². The van der Waals surface area contributed by atoms with Crippen LogP contribution >= 0.6 is 0 Å². The number of nitrogens with zero attached hydrogens (tertiary/aromatic N) is 2. The van der Waals surface area contributed by atoms with Crippen molar-refractivity contribution in [1.82, 2.24) is 14.2 Å². The Bertz CT molecular complexity index is 1270. The number of ether oxygens (including phenoxy) is 1. The van der Waals surface area contributed by atoms with Gasteiger partial charge in [0.2, 0.25) is 15.9 Å². The predicted octanol–water partition coefficient (Wildman–Crippen LogP) is 2.09. The summed E-state index contributed by atoms with van der Waals surface area (Å²) in [4.78, 5) is 24.7. The van der Waals surface area contributed by atoms with Crippen LogP contribution in [0.2, 0.25) is 0 Å². The van der Waals surface area contributed by atoms with Crippen LogP contribution in [0.1, 0.15) is 24.8 Å². The maximum atomic E-state index is 12.7. The summed E-state index contributed by atoms with van der Waals surface area (Å²) in [5.74, 6) is -0.100. The number of aryl methyl sites for hydroxylation is 1. The van der Waals surface area contributed by atoms with Gasteiger partial charge < -0.3 is 14.5 Å². The van der Waals surface area contributed by atoms with Crippen molar-refractivity contribution in [2.75, 3.05) is 20.2 Å². The fourth-order valence-corrected chi connectivity index (χ4v) is 5.28. The van der Waals surface area contributed by atoms with Crippen LogP contribution in [0.4, 0.5) is 0 Å². The molecule has 0 unspecified atom stereocenters. The number of oxazole rings is 1. The molecule has 1 aliphatic heterocycles. The molecule has 0 saturated carbocycles. The Hall–Kier alpha value is -3.11. The van der Waals surface area contributed by atoms with Gasteiger partial charge in [-0.2, -0.15) is 4.31 Å². The second kappa shape index (κ2) is 9.17. The Labute approximate surface area is 185 Å². The summed E-state index contributed by atoms with van der Waals surface area (Å²) in [7, 11) is -2.02. The van der Waals surface area contributed by atoms with Gasteiger partial charge in [-0.1, -0.05) is 12.1 Å². The Morgan fingerprint density at radius 2 is 1.84 bits per heavy atom. The van der Waals surface area contributed by atoms with E-state index in [0.717, 1.165) is 24.2 Å². The fourth-order valence-electron chi connectivity index (χ4n) is 3.74. The predicted molar refractivity (Wildman–Crippen MR) is 118 cm³/mol. The van der Waals surface area contributed by atoms with Crippen LogP contribution in [-0.2, 0) is 27.9 Å². The minimum absolute atomic E-state index is 0.0819. The minimum Gasteiger partial charge on any atom is -0.497 e. The van der Waals surface area contributed by atoms with Crippen molar-refractivity contribution in [2.24, 2.45) is 0 Å².